The molecule has 0 amide bonds. The predicted molar refractivity (Wildman–Crippen MR) is 65.6 cm³/mol. The molecule has 0 aromatic rings. The molecule has 3 atom stereocenters. The summed E-state index contributed by atoms with van der Waals surface area (Å²) in [5.74, 6) is -32.2. The third-order valence-electron chi connectivity index (χ3n) is 4.80. The van der Waals surface area contributed by atoms with E-state index in [1.54, 1.807) is 6.08 Å². The van der Waals surface area contributed by atoms with Gasteiger partial charge in [0, 0.05) is 0 Å². The second-order valence-electron chi connectivity index (χ2n) is 6.66. The van der Waals surface area contributed by atoms with E-state index >= 15 is 0 Å². The van der Waals surface area contributed by atoms with Gasteiger partial charge in [-0.25, -0.2) is 0 Å². The summed E-state index contributed by atoms with van der Waals surface area (Å²) in [7, 11) is 0. The lowest BCUT2D eigenvalue weighted by atomic mass is 9.94. The zero-order chi connectivity index (χ0) is 22.0. The standard InChI is InChI=1S/C14H11F13O/c15-9(16,11(19,20)13(23,24)25)10(17,18)12(21,22)14(26,27)28-5-8-4-6-1-2-7(8)3-6/h1-2,6-8H,3-5H2. The Morgan fingerprint density at radius 1 is 0.643 bits per heavy atom. The van der Waals surface area contributed by atoms with E-state index in [1.165, 1.54) is 6.08 Å². The molecule has 2 aliphatic carbocycles. The summed E-state index contributed by atoms with van der Waals surface area (Å²) in [4.78, 5) is 0. The SMILES string of the molecule is FC(F)(F)C(F)(F)C(F)(F)C(F)(F)C(F)(F)C(F)(F)OCC1CC2C=CC1C2. The molecule has 164 valence electrons. The molecule has 2 rings (SSSR count). The van der Waals surface area contributed by atoms with E-state index in [-0.39, 0.29) is 12.3 Å². The van der Waals surface area contributed by atoms with Crippen LogP contribution in [0.3, 0.4) is 0 Å². The van der Waals surface area contributed by atoms with Crippen molar-refractivity contribution in [1.29, 1.82) is 0 Å². The van der Waals surface area contributed by atoms with Crippen LogP contribution in [0.5, 0.6) is 0 Å². The van der Waals surface area contributed by atoms with E-state index in [4.69, 9.17) is 0 Å². The van der Waals surface area contributed by atoms with Gasteiger partial charge in [-0.05, 0) is 30.6 Å². The number of hydrogen-bond donors (Lipinski definition) is 0. The summed E-state index contributed by atoms with van der Waals surface area (Å²) in [5.41, 5.74) is 0. The minimum absolute atomic E-state index is 0.107. The first-order chi connectivity index (χ1) is 12.3. The first kappa shape index (κ1) is 23.1. The summed E-state index contributed by atoms with van der Waals surface area (Å²) < 4.78 is 171. The average molecular weight is 442 g/mol. The summed E-state index contributed by atoms with van der Waals surface area (Å²) >= 11 is 0. The van der Waals surface area contributed by atoms with E-state index in [2.05, 4.69) is 4.74 Å². The van der Waals surface area contributed by atoms with Crippen molar-refractivity contribution in [3.05, 3.63) is 12.2 Å². The van der Waals surface area contributed by atoms with Crippen LogP contribution in [0.25, 0.3) is 0 Å². The van der Waals surface area contributed by atoms with Gasteiger partial charge in [-0.2, -0.15) is 57.1 Å². The second kappa shape index (κ2) is 6.39. The predicted octanol–water partition coefficient (Wildman–Crippen LogP) is 5.91. The van der Waals surface area contributed by atoms with Crippen LogP contribution in [0.2, 0.25) is 0 Å². The normalized spacial score (nSPS) is 27.0. The molecular weight excluding hydrogens is 431 g/mol. The molecule has 0 heterocycles. The van der Waals surface area contributed by atoms with Crippen LogP contribution in [0, 0.1) is 17.8 Å². The molecule has 0 spiro atoms. The maximum Gasteiger partial charge on any atom is 0.460 e. The Kier molecular flexibility index (Phi) is 5.27. The topological polar surface area (TPSA) is 9.23 Å². The van der Waals surface area contributed by atoms with Gasteiger partial charge < -0.3 is 4.74 Å². The quantitative estimate of drug-likeness (QED) is 0.352. The Labute approximate surface area is 148 Å². The first-order valence-electron chi connectivity index (χ1n) is 7.57. The van der Waals surface area contributed by atoms with Crippen LogP contribution < -0.4 is 0 Å². The van der Waals surface area contributed by atoms with Crippen molar-refractivity contribution in [2.45, 2.75) is 48.8 Å². The average Bonchev–Trinajstić information content (AvgIpc) is 3.13. The number of rotatable bonds is 7. The Balaban J connectivity index is 2.24. The Morgan fingerprint density at radius 3 is 1.54 bits per heavy atom. The highest BCUT2D eigenvalue weighted by molar-refractivity contribution is 5.11. The minimum Gasteiger partial charge on any atom is -0.315 e. The Morgan fingerprint density at radius 2 is 1.14 bits per heavy atom. The number of allylic oxidation sites excluding steroid dienone is 2. The van der Waals surface area contributed by atoms with E-state index in [0.717, 1.165) is 0 Å². The molecule has 1 nitrogen and oxygen atoms in total. The summed E-state index contributed by atoms with van der Waals surface area (Å²) in [6, 6.07) is 0. The van der Waals surface area contributed by atoms with E-state index in [1.807, 2.05) is 0 Å². The molecule has 0 aromatic carbocycles. The first-order valence-corrected chi connectivity index (χ1v) is 7.57. The minimum atomic E-state index is -7.90. The number of fused-ring (bicyclic) bond motifs is 2. The summed E-state index contributed by atoms with van der Waals surface area (Å²) in [6.45, 7) is -1.31. The maximum absolute atomic E-state index is 13.5. The molecular formula is C14H11F13O. The van der Waals surface area contributed by atoms with E-state index < -0.39 is 54.4 Å². The van der Waals surface area contributed by atoms with Crippen LogP contribution in [0.4, 0.5) is 57.1 Å². The third-order valence-corrected chi connectivity index (χ3v) is 4.80. The van der Waals surface area contributed by atoms with Gasteiger partial charge in [0.2, 0.25) is 0 Å². The van der Waals surface area contributed by atoms with Crippen molar-refractivity contribution in [3.63, 3.8) is 0 Å². The van der Waals surface area contributed by atoms with Gasteiger partial charge in [-0.3, -0.25) is 0 Å². The van der Waals surface area contributed by atoms with Crippen molar-refractivity contribution in [3.8, 4) is 0 Å². The number of alkyl halides is 13. The van der Waals surface area contributed by atoms with Crippen LogP contribution in [0.1, 0.15) is 12.8 Å². The van der Waals surface area contributed by atoms with Gasteiger partial charge in [0.1, 0.15) is 0 Å². The molecule has 0 N–H and O–H groups in total. The van der Waals surface area contributed by atoms with Gasteiger partial charge in [-0.1, -0.05) is 12.2 Å². The molecule has 0 saturated heterocycles. The molecule has 1 fully saturated rings. The fourth-order valence-corrected chi connectivity index (χ4v) is 3.14. The van der Waals surface area contributed by atoms with Crippen molar-refractivity contribution < 1.29 is 61.8 Å². The zero-order valence-corrected chi connectivity index (χ0v) is 13.3. The highest BCUT2D eigenvalue weighted by Gasteiger charge is 2.91. The monoisotopic (exact) mass is 442 g/mol. The van der Waals surface area contributed by atoms with Crippen LogP contribution in [-0.4, -0.2) is 42.6 Å². The van der Waals surface area contributed by atoms with Gasteiger partial charge in [0.15, 0.2) is 0 Å². The van der Waals surface area contributed by atoms with E-state index in [0.29, 0.717) is 6.42 Å². The van der Waals surface area contributed by atoms with Crippen LogP contribution in [0.15, 0.2) is 12.2 Å². The highest BCUT2D eigenvalue weighted by atomic mass is 19.4. The summed E-state index contributed by atoms with van der Waals surface area (Å²) in [6.07, 6.45) is -10.1. The molecule has 2 bridgehead atoms. The third kappa shape index (κ3) is 3.15. The Bertz CT molecular complexity index is 621. The lowest BCUT2D eigenvalue weighted by molar-refractivity contribution is -0.466. The highest BCUT2D eigenvalue weighted by Crippen LogP contribution is 2.60. The molecule has 3 unspecified atom stereocenters. The summed E-state index contributed by atoms with van der Waals surface area (Å²) in [5, 5.41) is 0. The number of hydrogen-bond acceptors (Lipinski definition) is 1. The fraction of sp³-hybridized carbons (Fsp3) is 0.857. The molecule has 14 heteroatoms. The number of ether oxygens (including phenoxy) is 1. The smallest absolute Gasteiger partial charge is 0.315 e. The fourth-order valence-electron chi connectivity index (χ4n) is 3.14. The van der Waals surface area contributed by atoms with Crippen LogP contribution in [-0.2, 0) is 4.74 Å². The second-order valence-corrected chi connectivity index (χ2v) is 6.66. The van der Waals surface area contributed by atoms with Crippen molar-refractivity contribution in [1.82, 2.24) is 0 Å². The van der Waals surface area contributed by atoms with Crippen molar-refractivity contribution >= 4 is 0 Å². The maximum atomic E-state index is 13.5. The molecule has 1 saturated carbocycles. The van der Waals surface area contributed by atoms with Gasteiger partial charge >= 0.3 is 36.0 Å². The lowest BCUT2D eigenvalue weighted by Crippen LogP contribution is -2.70. The van der Waals surface area contributed by atoms with Crippen molar-refractivity contribution in [2.24, 2.45) is 17.8 Å². The Hall–Kier alpha value is -1.21. The van der Waals surface area contributed by atoms with Gasteiger partial charge in [0.25, 0.3) is 0 Å². The van der Waals surface area contributed by atoms with Crippen LogP contribution >= 0.6 is 0 Å². The van der Waals surface area contributed by atoms with E-state index in [9.17, 15) is 57.1 Å². The molecule has 28 heavy (non-hydrogen) atoms. The molecule has 0 aliphatic heterocycles. The zero-order valence-electron chi connectivity index (χ0n) is 13.3. The number of halogens is 13. The van der Waals surface area contributed by atoms with Gasteiger partial charge in [0.05, 0.1) is 6.61 Å². The van der Waals surface area contributed by atoms with Gasteiger partial charge in [-0.15, -0.1) is 0 Å². The largest absolute Gasteiger partial charge is 0.460 e. The molecule has 0 aromatic heterocycles. The molecule has 2 aliphatic rings. The lowest BCUT2D eigenvalue weighted by Gasteiger charge is -2.39. The molecule has 0 radical (unpaired) electrons. The van der Waals surface area contributed by atoms with Crippen molar-refractivity contribution in [2.75, 3.05) is 6.61 Å².